The number of nitrogens with one attached hydrogen (secondary N) is 1. The van der Waals surface area contributed by atoms with Gasteiger partial charge in [-0.1, -0.05) is 74.0 Å². The maximum atomic E-state index is 14.1. The highest BCUT2D eigenvalue weighted by Crippen LogP contribution is 2.32. The van der Waals surface area contributed by atoms with Gasteiger partial charge < -0.3 is 15.0 Å². The molecule has 3 rings (SSSR count). The molecule has 0 fully saturated rings. The topological polar surface area (TPSA) is 96.0 Å². The predicted octanol–water partition coefficient (Wildman–Crippen LogP) is 4.92. The molecule has 1 N–H and O–H groups in total. The summed E-state index contributed by atoms with van der Waals surface area (Å²) in [5.74, 6) is -0.467. The molecule has 0 aliphatic rings. The van der Waals surface area contributed by atoms with Crippen molar-refractivity contribution < 1.29 is 22.7 Å². The van der Waals surface area contributed by atoms with Gasteiger partial charge in [0.05, 0.1) is 17.7 Å². The Labute approximate surface area is 238 Å². The molecule has 0 saturated carbocycles. The first-order valence-electron chi connectivity index (χ1n) is 13.5. The smallest absolute Gasteiger partial charge is 0.264 e. The molecule has 40 heavy (non-hydrogen) atoms. The molecule has 0 radical (unpaired) electrons. The lowest BCUT2D eigenvalue weighted by atomic mass is 10.1. The molecule has 0 bridgehead atoms. The molecule has 0 aliphatic carbocycles. The lowest BCUT2D eigenvalue weighted by Crippen LogP contribution is -2.53. The van der Waals surface area contributed by atoms with Crippen LogP contribution in [0.15, 0.2) is 83.8 Å². The van der Waals surface area contributed by atoms with Crippen molar-refractivity contribution in [2.24, 2.45) is 0 Å². The predicted molar refractivity (Wildman–Crippen MR) is 158 cm³/mol. The second kappa shape index (κ2) is 14.0. The third-order valence-electron chi connectivity index (χ3n) is 6.82. The minimum absolute atomic E-state index is 0.0490. The number of carbonyl (C=O) groups excluding carboxylic acids is 2. The zero-order chi connectivity index (χ0) is 29.3. The van der Waals surface area contributed by atoms with E-state index in [-0.39, 0.29) is 29.1 Å². The fourth-order valence-electron chi connectivity index (χ4n) is 4.33. The van der Waals surface area contributed by atoms with Gasteiger partial charge in [-0.05, 0) is 56.5 Å². The number of benzene rings is 3. The Balaban J connectivity index is 2.08. The summed E-state index contributed by atoms with van der Waals surface area (Å²) in [4.78, 5) is 29.0. The molecule has 214 valence electrons. The normalized spacial score (nSPS) is 12.7. The Bertz CT molecular complexity index is 1380. The molecule has 2 amide bonds. The largest absolute Gasteiger partial charge is 0.495 e. The standard InChI is InChI=1S/C31H39N3O5S/c1-6-24(4)32-31(36)27(7-2)33(21-25-13-9-8-10-14-25)30(35)22-34(28-15-11-12-16-29(28)39-5)40(37,38)26-19-17-23(3)18-20-26/h8-20,24,27H,6-7,21-22H2,1-5H3,(H,32,36). The number of nitrogens with zero attached hydrogens (tertiary/aromatic N) is 2. The van der Waals surface area contributed by atoms with Gasteiger partial charge in [-0.25, -0.2) is 8.42 Å². The van der Waals surface area contributed by atoms with Gasteiger partial charge in [0.2, 0.25) is 11.8 Å². The molecule has 0 saturated heterocycles. The Kier molecular flexibility index (Phi) is 10.7. The van der Waals surface area contributed by atoms with Crippen LogP contribution in [0.2, 0.25) is 0 Å². The van der Waals surface area contributed by atoms with Gasteiger partial charge in [-0.3, -0.25) is 13.9 Å². The summed E-state index contributed by atoms with van der Waals surface area (Å²) >= 11 is 0. The van der Waals surface area contributed by atoms with Crippen LogP contribution in [0, 0.1) is 6.92 Å². The summed E-state index contributed by atoms with van der Waals surface area (Å²) in [6.07, 6.45) is 1.10. The third kappa shape index (κ3) is 7.41. The van der Waals surface area contributed by atoms with Crippen LogP contribution >= 0.6 is 0 Å². The molecular weight excluding hydrogens is 526 g/mol. The number of amides is 2. The SMILES string of the molecule is CCC(C)NC(=O)C(CC)N(Cc1ccccc1)C(=O)CN(c1ccccc1OC)S(=O)(=O)c1ccc(C)cc1. The average Bonchev–Trinajstić information content (AvgIpc) is 2.96. The number of anilines is 1. The van der Waals surface area contributed by atoms with E-state index in [0.29, 0.717) is 12.2 Å². The highest BCUT2D eigenvalue weighted by Gasteiger charge is 2.34. The van der Waals surface area contributed by atoms with Crippen molar-refractivity contribution in [3.63, 3.8) is 0 Å². The maximum Gasteiger partial charge on any atom is 0.264 e. The number of para-hydroxylation sites is 2. The molecule has 8 nitrogen and oxygen atoms in total. The number of methoxy groups -OCH3 is 1. The van der Waals surface area contributed by atoms with Crippen LogP contribution < -0.4 is 14.4 Å². The van der Waals surface area contributed by atoms with E-state index in [1.807, 2.05) is 58.0 Å². The number of hydrogen-bond donors (Lipinski definition) is 1. The Hall–Kier alpha value is -3.85. The summed E-state index contributed by atoms with van der Waals surface area (Å²) in [5.41, 5.74) is 1.97. The van der Waals surface area contributed by atoms with E-state index in [1.54, 1.807) is 36.4 Å². The second-order valence-electron chi connectivity index (χ2n) is 9.75. The van der Waals surface area contributed by atoms with E-state index in [9.17, 15) is 18.0 Å². The van der Waals surface area contributed by atoms with Crippen molar-refractivity contribution >= 4 is 27.5 Å². The minimum atomic E-state index is -4.18. The number of rotatable bonds is 13. The van der Waals surface area contributed by atoms with Crippen molar-refractivity contribution in [1.29, 1.82) is 0 Å². The lowest BCUT2D eigenvalue weighted by molar-refractivity contribution is -0.140. The quantitative estimate of drug-likeness (QED) is 0.317. The lowest BCUT2D eigenvalue weighted by Gasteiger charge is -2.34. The van der Waals surface area contributed by atoms with Crippen molar-refractivity contribution in [3.05, 3.63) is 90.0 Å². The second-order valence-corrected chi connectivity index (χ2v) is 11.6. The van der Waals surface area contributed by atoms with Gasteiger partial charge >= 0.3 is 0 Å². The van der Waals surface area contributed by atoms with Crippen molar-refractivity contribution in [1.82, 2.24) is 10.2 Å². The monoisotopic (exact) mass is 565 g/mol. The van der Waals surface area contributed by atoms with Gasteiger partial charge in [0.15, 0.2) is 0 Å². The molecular formula is C31H39N3O5S. The highest BCUT2D eigenvalue weighted by molar-refractivity contribution is 7.92. The van der Waals surface area contributed by atoms with E-state index >= 15 is 0 Å². The van der Waals surface area contributed by atoms with Crippen LogP contribution in [0.25, 0.3) is 0 Å². The van der Waals surface area contributed by atoms with Gasteiger partial charge in [0.1, 0.15) is 18.3 Å². The van der Waals surface area contributed by atoms with Crippen LogP contribution in [0.1, 0.15) is 44.7 Å². The molecule has 0 spiro atoms. The van der Waals surface area contributed by atoms with Crippen molar-refractivity contribution in [2.75, 3.05) is 18.0 Å². The number of sulfonamides is 1. The van der Waals surface area contributed by atoms with Crippen LogP contribution in [0.4, 0.5) is 5.69 Å². The van der Waals surface area contributed by atoms with E-state index < -0.39 is 28.5 Å². The number of aryl methyl sites for hydroxylation is 1. The van der Waals surface area contributed by atoms with E-state index in [4.69, 9.17) is 4.74 Å². The summed E-state index contributed by atoms with van der Waals surface area (Å²) in [7, 11) is -2.73. The molecule has 0 heterocycles. The molecule has 9 heteroatoms. The zero-order valence-corrected chi connectivity index (χ0v) is 24.6. The number of hydrogen-bond acceptors (Lipinski definition) is 5. The first-order chi connectivity index (χ1) is 19.1. The van der Waals surface area contributed by atoms with E-state index in [2.05, 4.69) is 5.32 Å². The first kappa shape index (κ1) is 30.7. The highest BCUT2D eigenvalue weighted by atomic mass is 32.2. The third-order valence-corrected chi connectivity index (χ3v) is 8.60. The summed E-state index contributed by atoms with van der Waals surface area (Å²) in [6, 6.07) is 21.6. The van der Waals surface area contributed by atoms with Crippen LogP contribution in [-0.4, -0.2) is 50.9 Å². The van der Waals surface area contributed by atoms with E-state index in [0.717, 1.165) is 21.9 Å². The molecule has 0 aromatic heterocycles. The summed E-state index contributed by atoms with van der Waals surface area (Å²) in [6.45, 7) is 7.22. The average molecular weight is 566 g/mol. The minimum Gasteiger partial charge on any atom is -0.495 e. The van der Waals surface area contributed by atoms with Gasteiger partial charge in [-0.2, -0.15) is 0 Å². The van der Waals surface area contributed by atoms with Gasteiger partial charge in [-0.15, -0.1) is 0 Å². The Morgan fingerprint density at radius 3 is 2.12 bits per heavy atom. The molecule has 0 aliphatic heterocycles. The maximum absolute atomic E-state index is 14.1. The molecule has 3 aromatic rings. The first-order valence-corrected chi connectivity index (χ1v) is 14.9. The Morgan fingerprint density at radius 1 is 0.900 bits per heavy atom. The summed E-state index contributed by atoms with van der Waals surface area (Å²) in [5, 5.41) is 2.98. The van der Waals surface area contributed by atoms with Gasteiger partial charge in [0, 0.05) is 12.6 Å². The molecule has 2 atom stereocenters. The van der Waals surface area contributed by atoms with Crippen molar-refractivity contribution in [2.45, 2.75) is 64.1 Å². The number of ether oxygens (including phenoxy) is 1. The van der Waals surface area contributed by atoms with Gasteiger partial charge in [0.25, 0.3) is 10.0 Å². The van der Waals surface area contributed by atoms with Crippen LogP contribution in [0.3, 0.4) is 0 Å². The molecule has 2 unspecified atom stereocenters. The van der Waals surface area contributed by atoms with Crippen LogP contribution in [0.5, 0.6) is 5.75 Å². The number of carbonyl (C=O) groups is 2. The Morgan fingerprint density at radius 2 is 1.52 bits per heavy atom. The zero-order valence-electron chi connectivity index (χ0n) is 23.8. The fourth-order valence-corrected chi connectivity index (χ4v) is 5.75. The van der Waals surface area contributed by atoms with Crippen molar-refractivity contribution in [3.8, 4) is 5.75 Å². The fraction of sp³-hybridized carbons (Fsp3) is 0.355. The summed E-state index contributed by atoms with van der Waals surface area (Å²) < 4.78 is 34.6. The van der Waals surface area contributed by atoms with E-state index in [1.165, 1.54) is 24.1 Å². The molecule has 3 aromatic carbocycles. The van der Waals surface area contributed by atoms with Crippen LogP contribution in [-0.2, 0) is 26.2 Å².